The van der Waals surface area contributed by atoms with Crippen molar-refractivity contribution < 1.29 is 24.6 Å². The number of hydrogen-bond donors (Lipinski definition) is 4. The summed E-state index contributed by atoms with van der Waals surface area (Å²) >= 11 is 0. The molecule has 0 radical (unpaired) electrons. The van der Waals surface area contributed by atoms with E-state index in [1.807, 2.05) is 0 Å². The van der Waals surface area contributed by atoms with Crippen molar-refractivity contribution in [3.63, 3.8) is 0 Å². The molecule has 7 heteroatoms. The molecule has 1 aliphatic carbocycles. The Labute approximate surface area is 146 Å². The minimum absolute atomic E-state index is 0.0532. The highest BCUT2D eigenvalue weighted by atomic mass is 16.3. The maximum Gasteiger partial charge on any atom is 0.255 e. The molecule has 0 bridgehead atoms. The highest BCUT2D eigenvalue weighted by Gasteiger charge is 2.28. The fraction of sp³-hybridized carbons (Fsp3) is 0.500. The predicted molar refractivity (Wildman–Crippen MR) is 91.0 cm³/mol. The Balaban J connectivity index is 0.000000316. The highest BCUT2D eigenvalue weighted by molar-refractivity contribution is 6.04. The largest absolute Gasteiger partial charge is 0.508 e. The van der Waals surface area contributed by atoms with Gasteiger partial charge in [0.1, 0.15) is 17.5 Å². The van der Waals surface area contributed by atoms with Crippen molar-refractivity contribution in [2.75, 3.05) is 0 Å². The van der Waals surface area contributed by atoms with Crippen LogP contribution in [0.5, 0.6) is 11.5 Å². The van der Waals surface area contributed by atoms with E-state index in [0.29, 0.717) is 0 Å². The maximum absolute atomic E-state index is 11.9. The molecule has 4 N–H and O–H groups in total. The molecule has 1 aromatic rings. The summed E-state index contributed by atoms with van der Waals surface area (Å²) in [6.07, 6.45) is 6.32. The second-order valence-corrected chi connectivity index (χ2v) is 6.57. The van der Waals surface area contributed by atoms with Crippen LogP contribution in [0.3, 0.4) is 0 Å². The molecule has 136 valence electrons. The first-order valence-corrected chi connectivity index (χ1v) is 8.53. The number of carbonyl (C=O) groups excluding carboxylic acids is 3. The average molecular weight is 348 g/mol. The van der Waals surface area contributed by atoms with Crippen LogP contribution in [0.4, 0.5) is 0 Å². The van der Waals surface area contributed by atoms with Crippen LogP contribution >= 0.6 is 0 Å². The standard InChI is InChI=1S/C12H12N2O5.C6H12/c15-6-1-2-7(9(16)5-6)11(18)13-8-3-4-10(17)14-12(8)19;1-6-4-2-3-5-6/h1-2,5,8,15-16H,3-4H2,(H,13,18)(H,14,17,19);6H,2-5H2,1H3. The van der Waals surface area contributed by atoms with Gasteiger partial charge in [-0.15, -0.1) is 0 Å². The van der Waals surface area contributed by atoms with Gasteiger partial charge in [0.15, 0.2) is 0 Å². The summed E-state index contributed by atoms with van der Waals surface area (Å²) in [5.74, 6) is -1.09. The number of hydrogen-bond acceptors (Lipinski definition) is 5. The Morgan fingerprint density at radius 2 is 1.84 bits per heavy atom. The number of imide groups is 1. The molecular weight excluding hydrogens is 324 g/mol. The van der Waals surface area contributed by atoms with E-state index in [0.717, 1.165) is 12.0 Å². The number of phenolic OH excluding ortho intramolecular Hbond substituents is 2. The second kappa shape index (κ2) is 8.50. The topological polar surface area (TPSA) is 116 Å². The Bertz CT molecular complexity index is 653. The van der Waals surface area contributed by atoms with Gasteiger partial charge in [0.2, 0.25) is 11.8 Å². The van der Waals surface area contributed by atoms with E-state index >= 15 is 0 Å². The minimum Gasteiger partial charge on any atom is -0.508 e. The zero-order valence-electron chi connectivity index (χ0n) is 14.2. The normalized spacial score (nSPS) is 20.4. The van der Waals surface area contributed by atoms with Crippen molar-refractivity contribution in [3.8, 4) is 11.5 Å². The lowest BCUT2D eigenvalue weighted by molar-refractivity contribution is -0.134. The number of phenols is 2. The second-order valence-electron chi connectivity index (χ2n) is 6.57. The third-order valence-electron chi connectivity index (χ3n) is 4.41. The van der Waals surface area contributed by atoms with Crippen molar-refractivity contribution in [2.45, 2.75) is 51.5 Å². The lowest BCUT2D eigenvalue weighted by atomic mass is 10.1. The summed E-state index contributed by atoms with van der Waals surface area (Å²) in [6.45, 7) is 2.34. The summed E-state index contributed by atoms with van der Waals surface area (Å²) in [7, 11) is 0. The van der Waals surface area contributed by atoms with Gasteiger partial charge in [-0.3, -0.25) is 19.7 Å². The van der Waals surface area contributed by atoms with E-state index in [-0.39, 0.29) is 35.8 Å². The average Bonchev–Trinajstić information content (AvgIpc) is 3.01. The molecule has 1 saturated carbocycles. The van der Waals surface area contributed by atoms with Gasteiger partial charge in [-0.2, -0.15) is 0 Å². The number of benzene rings is 1. The first-order valence-electron chi connectivity index (χ1n) is 8.53. The van der Waals surface area contributed by atoms with Crippen LogP contribution in [-0.4, -0.2) is 34.0 Å². The van der Waals surface area contributed by atoms with Crippen molar-refractivity contribution >= 4 is 17.7 Å². The molecule has 1 unspecified atom stereocenters. The fourth-order valence-electron chi connectivity index (χ4n) is 2.91. The Kier molecular flexibility index (Phi) is 6.38. The summed E-state index contributed by atoms with van der Waals surface area (Å²) < 4.78 is 0. The molecule has 1 aromatic carbocycles. The lowest BCUT2D eigenvalue weighted by Gasteiger charge is -2.21. The lowest BCUT2D eigenvalue weighted by Crippen LogP contribution is -2.52. The fourth-order valence-corrected chi connectivity index (χ4v) is 2.91. The quantitative estimate of drug-likeness (QED) is 0.609. The van der Waals surface area contributed by atoms with Crippen LogP contribution in [0.2, 0.25) is 0 Å². The van der Waals surface area contributed by atoms with Gasteiger partial charge in [-0.05, 0) is 24.5 Å². The van der Waals surface area contributed by atoms with E-state index in [1.54, 1.807) is 0 Å². The highest BCUT2D eigenvalue weighted by Crippen LogP contribution is 2.23. The van der Waals surface area contributed by atoms with Crippen LogP contribution in [0.25, 0.3) is 0 Å². The molecule has 0 spiro atoms. The first kappa shape index (κ1) is 18.8. The van der Waals surface area contributed by atoms with E-state index < -0.39 is 17.9 Å². The monoisotopic (exact) mass is 348 g/mol. The summed E-state index contributed by atoms with van der Waals surface area (Å²) in [4.78, 5) is 34.3. The molecule has 3 amide bonds. The third-order valence-corrected chi connectivity index (χ3v) is 4.41. The molecule has 1 saturated heterocycles. The number of rotatable bonds is 2. The van der Waals surface area contributed by atoms with E-state index in [9.17, 15) is 19.5 Å². The summed E-state index contributed by atoms with van der Waals surface area (Å²) in [5, 5.41) is 23.2. The smallest absolute Gasteiger partial charge is 0.255 e. The molecule has 1 aliphatic heterocycles. The van der Waals surface area contributed by atoms with Gasteiger partial charge >= 0.3 is 0 Å². The number of aromatic hydroxyl groups is 2. The number of amides is 3. The van der Waals surface area contributed by atoms with Gasteiger partial charge in [0.05, 0.1) is 5.56 Å². The van der Waals surface area contributed by atoms with E-state index in [2.05, 4.69) is 17.6 Å². The summed E-state index contributed by atoms with van der Waals surface area (Å²) in [5.41, 5.74) is -0.0532. The van der Waals surface area contributed by atoms with Crippen molar-refractivity contribution in [3.05, 3.63) is 23.8 Å². The van der Waals surface area contributed by atoms with Gasteiger partial charge < -0.3 is 15.5 Å². The van der Waals surface area contributed by atoms with Gasteiger partial charge in [0.25, 0.3) is 5.91 Å². The van der Waals surface area contributed by atoms with Crippen LogP contribution in [0.15, 0.2) is 18.2 Å². The predicted octanol–water partition coefficient (Wildman–Crippen LogP) is 1.83. The molecule has 0 aromatic heterocycles. The molecule has 25 heavy (non-hydrogen) atoms. The van der Waals surface area contributed by atoms with Crippen molar-refractivity contribution in [1.29, 1.82) is 0 Å². The number of nitrogens with one attached hydrogen (secondary N) is 2. The molecule has 1 atom stereocenters. The Morgan fingerprint density at radius 3 is 2.36 bits per heavy atom. The van der Waals surface area contributed by atoms with E-state index in [1.165, 1.54) is 37.8 Å². The van der Waals surface area contributed by atoms with Gasteiger partial charge in [-0.25, -0.2) is 0 Å². The van der Waals surface area contributed by atoms with Crippen molar-refractivity contribution in [1.82, 2.24) is 10.6 Å². The van der Waals surface area contributed by atoms with E-state index in [4.69, 9.17) is 5.11 Å². The van der Waals surface area contributed by atoms with Gasteiger partial charge in [-0.1, -0.05) is 32.6 Å². The number of piperidine rings is 1. The Hall–Kier alpha value is -2.57. The number of carbonyl (C=O) groups is 3. The molecule has 2 fully saturated rings. The van der Waals surface area contributed by atoms with Crippen molar-refractivity contribution in [2.24, 2.45) is 5.92 Å². The Morgan fingerprint density at radius 1 is 1.16 bits per heavy atom. The molecular formula is C18H24N2O5. The molecule has 2 aliphatic rings. The van der Waals surface area contributed by atoms with Crippen LogP contribution in [-0.2, 0) is 9.59 Å². The molecule has 3 rings (SSSR count). The first-order chi connectivity index (χ1) is 11.9. The zero-order chi connectivity index (χ0) is 18.4. The zero-order valence-corrected chi connectivity index (χ0v) is 14.2. The molecule has 1 heterocycles. The van der Waals surface area contributed by atoms with Crippen LogP contribution in [0.1, 0.15) is 55.8 Å². The molecule has 7 nitrogen and oxygen atoms in total. The SMILES string of the molecule is CC1CCCC1.O=C1CCC(NC(=O)c2ccc(O)cc2O)C(=O)N1. The van der Waals surface area contributed by atoms with Crippen LogP contribution < -0.4 is 10.6 Å². The summed E-state index contributed by atoms with van der Waals surface area (Å²) in [6, 6.07) is 2.71. The maximum atomic E-state index is 11.9. The third kappa shape index (κ3) is 5.48. The van der Waals surface area contributed by atoms with Crippen LogP contribution in [0, 0.1) is 5.92 Å². The van der Waals surface area contributed by atoms with Gasteiger partial charge in [0, 0.05) is 12.5 Å². The minimum atomic E-state index is -0.807.